The van der Waals surface area contributed by atoms with Gasteiger partial charge in [-0.2, -0.15) is 4.57 Å². The van der Waals surface area contributed by atoms with Crippen molar-refractivity contribution in [1.29, 1.82) is 0 Å². The predicted molar refractivity (Wildman–Crippen MR) is 158 cm³/mol. The fraction of sp³-hybridized carbons (Fsp3) is 0.257. The molecule has 2 aliphatic heterocycles. The lowest BCUT2D eigenvalue weighted by Crippen LogP contribution is -2.49. The second-order valence-corrected chi connectivity index (χ2v) is 11.3. The topological polar surface area (TPSA) is 41.9 Å². The van der Waals surface area contributed by atoms with E-state index in [9.17, 15) is 0 Å². The van der Waals surface area contributed by atoms with Crippen molar-refractivity contribution in [3.8, 4) is 11.3 Å². The lowest BCUT2D eigenvalue weighted by molar-refractivity contribution is -0.709. The SMILES string of the molecule is C=C1N/C(=C\C)c2c(ccc3c2oc2nc(C)ccc23)CCC2c3cc(C(C)C)ccc3-c3cccc[n+]3C12. The van der Waals surface area contributed by atoms with Gasteiger partial charge in [-0.25, -0.2) is 4.98 Å². The summed E-state index contributed by atoms with van der Waals surface area (Å²) in [5.41, 5.74) is 12.4. The molecule has 3 aromatic heterocycles. The van der Waals surface area contributed by atoms with Crippen LogP contribution in [0.25, 0.3) is 39.0 Å². The molecule has 5 heterocycles. The number of aryl methyl sites for hydroxylation is 2. The van der Waals surface area contributed by atoms with Crippen LogP contribution < -0.4 is 9.88 Å². The van der Waals surface area contributed by atoms with Crippen molar-refractivity contribution in [3.63, 3.8) is 0 Å². The van der Waals surface area contributed by atoms with Gasteiger partial charge < -0.3 is 9.73 Å². The number of nitrogens with one attached hydrogen (secondary N) is 1. The minimum Gasteiger partial charge on any atom is -0.437 e. The van der Waals surface area contributed by atoms with Gasteiger partial charge in [-0.05, 0) is 73.6 Å². The molecule has 0 saturated heterocycles. The van der Waals surface area contributed by atoms with Crippen LogP contribution in [-0.2, 0) is 6.42 Å². The molecule has 2 aromatic carbocycles. The maximum Gasteiger partial charge on any atom is 0.227 e. The van der Waals surface area contributed by atoms with Crippen molar-refractivity contribution in [2.45, 2.75) is 58.4 Å². The van der Waals surface area contributed by atoms with Gasteiger partial charge in [0, 0.05) is 45.4 Å². The quantitative estimate of drug-likeness (QED) is 0.231. The number of aromatic nitrogens is 2. The molecule has 0 amide bonds. The number of pyridine rings is 2. The number of hydrogen-bond acceptors (Lipinski definition) is 3. The number of nitrogens with zero attached hydrogens (tertiary/aromatic N) is 2. The standard InChI is InChI=1S/C35H34N3O/c1-6-30-32-23(12-17-27-28-14-10-21(4)36-35(28)39-34(27)32)11-16-26-29-19-24(20(2)3)13-15-25(29)31-9-7-8-18-38(31)33(26)22(5)37-30/h6-10,12-15,17-20,26,33,37H,5,11,16H2,1-4H3/q+1/b30-6-. The highest BCUT2D eigenvalue weighted by atomic mass is 16.3. The molecule has 4 nitrogen and oxygen atoms in total. The van der Waals surface area contributed by atoms with E-state index in [1.807, 2.05) is 6.92 Å². The minimum atomic E-state index is 0.0934. The van der Waals surface area contributed by atoms with E-state index in [4.69, 9.17) is 9.40 Å². The fourth-order valence-electron chi connectivity index (χ4n) is 6.69. The van der Waals surface area contributed by atoms with Crippen molar-refractivity contribution in [2.75, 3.05) is 0 Å². The van der Waals surface area contributed by atoms with Crippen LogP contribution in [0.2, 0.25) is 0 Å². The Labute approximate surface area is 229 Å². The van der Waals surface area contributed by atoms with E-state index in [-0.39, 0.29) is 6.04 Å². The highest BCUT2D eigenvalue weighted by Crippen LogP contribution is 2.46. The largest absolute Gasteiger partial charge is 0.437 e. The zero-order valence-corrected chi connectivity index (χ0v) is 23.1. The summed E-state index contributed by atoms with van der Waals surface area (Å²) in [5, 5.41) is 5.95. The third-order valence-electron chi connectivity index (χ3n) is 8.66. The average molecular weight is 513 g/mol. The second kappa shape index (κ2) is 8.94. The molecule has 2 atom stereocenters. The lowest BCUT2D eigenvalue weighted by Gasteiger charge is -2.32. The Morgan fingerprint density at radius 2 is 1.92 bits per heavy atom. The summed E-state index contributed by atoms with van der Waals surface area (Å²) in [7, 11) is 0. The Balaban J connectivity index is 1.44. The first-order valence-corrected chi connectivity index (χ1v) is 14.0. The van der Waals surface area contributed by atoms with Crippen LogP contribution in [0.5, 0.6) is 0 Å². The molecule has 0 saturated carbocycles. The molecule has 7 rings (SSSR count). The monoisotopic (exact) mass is 512 g/mol. The van der Waals surface area contributed by atoms with Crippen LogP contribution in [0.15, 0.2) is 89.6 Å². The first-order valence-electron chi connectivity index (χ1n) is 14.0. The molecule has 2 unspecified atom stereocenters. The van der Waals surface area contributed by atoms with Crippen molar-refractivity contribution in [1.82, 2.24) is 10.3 Å². The zero-order valence-electron chi connectivity index (χ0n) is 23.1. The van der Waals surface area contributed by atoms with Gasteiger partial charge in [-0.1, -0.05) is 50.8 Å². The Hall–Kier alpha value is -4.18. The van der Waals surface area contributed by atoms with E-state index in [2.05, 4.69) is 110 Å². The molecule has 1 N–H and O–H groups in total. The van der Waals surface area contributed by atoms with E-state index < -0.39 is 0 Å². The smallest absolute Gasteiger partial charge is 0.227 e. The third-order valence-corrected chi connectivity index (χ3v) is 8.66. The maximum atomic E-state index is 6.48. The summed E-state index contributed by atoms with van der Waals surface area (Å²) < 4.78 is 8.90. The summed E-state index contributed by atoms with van der Waals surface area (Å²) >= 11 is 0. The number of allylic oxidation sites excluding steroid dienone is 2. The number of fused-ring (bicyclic) bond motifs is 11. The van der Waals surface area contributed by atoms with Gasteiger partial charge >= 0.3 is 0 Å². The molecule has 194 valence electrons. The molecule has 4 heteroatoms. The van der Waals surface area contributed by atoms with Crippen LogP contribution in [0.1, 0.15) is 73.0 Å². The van der Waals surface area contributed by atoms with Gasteiger partial charge in [0.25, 0.3) is 0 Å². The molecule has 2 aliphatic rings. The van der Waals surface area contributed by atoms with Gasteiger partial charge in [0.1, 0.15) is 5.58 Å². The normalized spacial score (nSPS) is 19.6. The lowest BCUT2D eigenvalue weighted by atomic mass is 9.77. The molecule has 0 radical (unpaired) electrons. The molecule has 5 aromatic rings. The van der Waals surface area contributed by atoms with E-state index in [0.717, 1.165) is 51.8 Å². The number of furan rings is 1. The minimum absolute atomic E-state index is 0.0934. The van der Waals surface area contributed by atoms with Crippen LogP contribution in [-0.4, -0.2) is 4.98 Å². The zero-order chi connectivity index (χ0) is 26.8. The summed E-state index contributed by atoms with van der Waals surface area (Å²) in [4.78, 5) is 4.69. The number of benzene rings is 2. The van der Waals surface area contributed by atoms with E-state index in [1.54, 1.807) is 0 Å². The van der Waals surface area contributed by atoms with Crippen molar-refractivity contribution in [2.24, 2.45) is 0 Å². The van der Waals surface area contributed by atoms with Gasteiger partial charge in [0.15, 0.2) is 6.20 Å². The van der Waals surface area contributed by atoms with E-state index >= 15 is 0 Å². The highest BCUT2D eigenvalue weighted by molar-refractivity contribution is 6.07. The molecule has 39 heavy (non-hydrogen) atoms. The first kappa shape index (κ1) is 23.9. The molecule has 0 bridgehead atoms. The Morgan fingerprint density at radius 1 is 1.08 bits per heavy atom. The molecule has 0 spiro atoms. The summed E-state index contributed by atoms with van der Waals surface area (Å²) in [6, 6.07) is 22.4. The number of hydrogen-bond donors (Lipinski definition) is 1. The van der Waals surface area contributed by atoms with Gasteiger partial charge in [0.2, 0.25) is 17.4 Å². The third kappa shape index (κ3) is 3.65. The van der Waals surface area contributed by atoms with Gasteiger partial charge in [-0.3, -0.25) is 0 Å². The van der Waals surface area contributed by atoms with Crippen LogP contribution in [0.4, 0.5) is 0 Å². The van der Waals surface area contributed by atoms with E-state index in [1.165, 1.54) is 27.9 Å². The average Bonchev–Trinajstić information content (AvgIpc) is 3.33. The first-order chi connectivity index (χ1) is 18.9. The Kier molecular flexibility index (Phi) is 5.48. The second-order valence-electron chi connectivity index (χ2n) is 11.3. The maximum absolute atomic E-state index is 6.48. The van der Waals surface area contributed by atoms with Crippen molar-refractivity contribution in [3.05, 3.63) is 113 Å². The predicted octanol–water partition coefficient (Wildman–Crippen LogP) is 8.12. The Bertz CT molecular complexity index is 1820. The van der Waals surface area contributed by atoms with Crippen LogP contribution in [0.3, 0.4) is 0 Å². The van der Waals surface area contributed by atoms with Gasteiger partial charge in [0.05, 0.1) is 11.6 Å². The molecular weight excluding hydrogens is 478 g/mol. The summed E-state index contributed by atoms with van der Waals surface area (Å²) in [5.74, 6) is 0.767. The van der Waals surface area contributed by atoms with Crippen LogP contribution >= 0.6 is 0 Å². The summed E-state index contributed by atoms with van der Waals surface area (Å²) in [6.45, 7) is 13.3. The van der Waals surface area contributed by atoms with E-state index in [0.29, 0.717) is 17.5 Å². The summed E-state index contributed by atoms with van der Waals surface area (Å²) in [6.07, 6.45) is 6.31. The van der Waals surface area contributed by atoms with Gasteiger partial charge in [-0.15, -0.1) is 0 Å². The Morgan fingerprint density at radius 3 is 2.74 bits per heavy atom. The number of rotatable bonds is 1. The molecular formula is C35H34N3O+. The highest BCUT2D eigenvalue weighted by Gasteiger charge is 2.42. The van der Waals surface area contributed by atoms with Crippen molar-refractivity contribution >= 4 is 27.8 Å². The molecule has 0 aliphatic carbocycles. The van der Waals surface area contributed by atoms with Crippen molar-refractivity contribution < 1.29 is 8.98 Å². The fourth-order valence-corrected chi connectivity index (χ4v) is 6.69. The van der Waals surface area contributed by atoms with Crippen LogP contribution in [0, 0.1) is 6.92 Å². The molecule has 0 fully saturated rings.